The molecule has 0 aromatic carbocycles. The molecule has 0 bridgehead atoms. The molecule has 1 N–H and O–H groups in total. The molecule has 1 amide bonds. The average Bonchev–Trinajstić information content (AvgIpc) is 2.40. The Morgan fingerprint density at radius 1 is 1.18 bits per heavy atom. The van der Waals surface area contributed by atoms with E-state index < -0.39 is 0 Å². The summed E-state index contributed by atoms with van der Waals surface area (Å²) in [6.45, 7) is 2.47. The molecule has 0 atom stereocenters. The molecule has 2 aromatic rings. The summed E-state index contributed by atoms with van der Waals surface area (Å²) < 4.78 is 0. The molecule has 2 aromatic heterocycles. The van der Waals surface area contributed by atoms with Crippen LogP contribution < -0.4 is 5.32 Å². The molecule has 0 unspecified atom stereocenters. The second-order valence-corrected chi connectivity index (χ2v) is 3.48. The number of amides is 1. The monoisotopic (exact) mass is 227 g/mol. The van der Waals surface area contributed by atoms with Gasteiger partial charge in [0.1, 0.15) is 5.69 Å². The molecule has 0 aliphatic rings. The number of nitrogens with one attached hydrogen (secondary N) is 1. The normalized spacial score (nSPS) is 9.94. The van der Waals surface area contributed by atoms with Gasteiger partial charge in [0, 0.05) is 12.7 Å². The van der Waals surface area contributed by atoms with Crippen LogP contribution in [0.2, 0.25) is 0 Å². The fraction of sp³-hybridized carbons (Fsp3) is 0.154. The van der Waals surface area contributed by atoms with Crippen molar-refractivity contribution in [3.63, 3.8) is 0 Å². The Morgan fingerprint density at radius 2 is 2.00 bits per heavy atom. The van der Waals surface area contributed by atoms with Crippen molar-refractivity contribution in [2.24, 2.45) is 0 Å². The highest BCUT2D eigenvalue weighted by Gasteiger charge is 2.07. The first-order valence-corrected chi connectivity index (χ1v) is 5.48. The second-order valence-electron chi connectivity index (χ2n) is 3.48. The molecule has 0 saturated heterocycles. The Hall–Kier alpha value is -2.23. The molecular formula is C13H13N3O. The third-order valence-electron chi connectivity index (χ3n) is 2.25. The van der Waals surface area contributed by atoms with Crippen molar-refractivity contribution in [3.05, 3.63) is 48.3 Å². The number of carbonyl (C=O) groups is 1. The van der Waals surface area contributed by atoms with Crippen LogP contribution >= 0.6 is 0 Å². The number of pyridine rings is 2. The van der Waals surface area contributed by atoms with Crippen LogP contribution in [0.4, 0.5) is 0 Å². The van der Waals surface area contributed by atoms with Crippen molar-refractivity contribution in [2.75, 3.05) is 6.54 Å². The minimum atomic E-state index is -0.162. The van der Waals surface area contributed by atoms with Gasteiger partial charge in [0.05, 0.1) is 11.4 Å². The van der Waals surface area contributed by atoms with Crippen molar-refractivity contribution < 1.29 is 4.79 Å². The lowest BCUT2D eigenvalue weighted by atomic mass is 10.2. The van der Waals surface area contributed by atoms with Gasteiger partial charge in [0.15, 0.2) is 0 Å². The second kappa shape index (κ2) is 5.21. The molecule has 86 valence electrons. The van der Waals surface area contributed by atoms with E-state index in [9.17, 15) is 4.79 Å². The Bertz CT molecular complexity index is 511. The predicted molar refractivity (Wildman–Crippen MR) is 65.5 cm³/mol. The number of rotatable bonds is 3. The van der Waals surface area contributed by atoms with Gasteiger partial charge in [0.25, 0.3) is 5.91 Å². The number of hydrogen-bond donors (Lipinski definition) is 1. The van der Waals surface area contributed by atoms with Crippen LogP contribution in [-0.2, 0) is 0 Å². The van der Waals surface area contributed by atoms with E-state index in [0.29, 0.717) is 17.9 Å². The summed E-state index contributed by atoms with van der Waals surface area (Å²) in [7, 11) is 0. The van der Waals surface area contributed by atoms with E-state index in [1.54, 1.807) is 12.3 Å². The highest BCUT2D eigenvalue weighted by Crippen LogP contribution is 2.13. The molecular weight excluding hydrogens is 214 g/mol. The molecule has 0 spiro atoms. The zero-order chi connectivity index (χ0) is 12.1. The lowest BCUT2D eigenvalue weighted by molar-refractivity contribution is 0.0951. The molecule has 17 heavy (non-hydrogen) atoms. The molecule has 2 heterocycles. The zero-order valence-electron chi connectivity index (χ0n) is 9.55. The maximum Gasteiger partial charge on any atom is 0.269 e. The van der Waals surface area contributed by atoms with Crippen molar-refractivity contribution in [2.45, 2.75) is 6.92 Å². The Balaban J connectivity index is 2.32. The summed E-state index contributed by atoms with van der Waals surface area (Å²) in [6.07, 6.45) is 1.70. The van der Waals surface area contributed by atoms with Crippen molar-refractivity contribution in [1.29, 1.82) is 0 Å². The minimum Gasteiger partial charge on any atom is -0.351 e. The summed E-state index contributed by atoms with van der Waals surface area (Å²) in [5.41, 5.74) is 1.88. The first-order valence-electron chi connectivity index (χ1n) is 5.48. The highest BCUT2D eigenvalue weighted by atomic mass is 16.1. The maximum absolute atomic E-state index is 11.6. The molecule has 0 fully saturated rings. The number of nitrogens with zero attached hydrogens (tertiary/aromatic N) is 2. The van der Waals surface area contributed by atoms with Gasteiger partial charge in [-0.1, -0.05) is 12.1 Å². The van der Waals surface area contributed by atoms with E-state index in [4.69, 9.17) is 0 Å². The number of hydrogen-bond acceptors (Lipinski definition) is 3. The highest BCUT2D eigenvalue weighted by molar-refractivity contribution is 5.92. The summed E-state index contributed by atoms with van der Waals surface area (Å²) in [6, 6.07) is 10.9. The average molecular weight is 227 g/mol. The zero-order valence-corrected chi connectivity index (χ0v) is 9.55. The quantitative estimate of drug-likeness (QED) is 0.871. The van der Waals surface area contributed by atoms with Gasteiger partial charge >= 0.3 is 0 Å². The third-order valence-corrected chi connectivity index (χ3v) is 2.25. The SMILES string of the molecule is CCNC(=O)c1cccc(-c2ccccn2)n1. The molecule has 0 aliphatic heterocycles. The van der Waals surface area contributed by atoms with E-state index in [2.05, 4.69) is 15.3 Å². The first-order chi connectivity index (χ1) is 8.31. The standard InChI is InChI=1S/C13H13N3O/c1-2-14-13(17)12-8-5-7-11(16-12)10-6-3-4-9-15-10/h3-9H,2H2,1H3,(H,14,17). The molecule has 0 saturated carbocycles. The van der Waals surface area contributed by atoms with Crippen LogP contribution in [0.1, 0.15) is 17.4 Å². The Kier molecular flexibility index (Phi) is 3.45. The van der Waals surface area contributed by atoms with E-state index in [1.165, 1.54) is 0 Å². The number of aromatic nitrogens is 2. The maximum atomic E-state index is 11.6. The van der Waals surface area contributed by atoms with Crippen molar-refractivity contribution >= 4 is 5.91 Å². The van der Waals surface area contributed by atoms with Gasteiger partial charge < -0.3 is 5.32 Å². The molecule has 4 nitrogen and oxygen atoms in total. The van der Waals surface area contributed by atoms with Gasteiger partial charge in [-0.05, 0) is 31.2 Å². The van der Waals surface area contributed by atoms with E-state index in [0.717, 1.165) is 5.69 Å². The third kappa shape index (κ3) is 2.66. The van der Waals surface area contributed by atoms with Crippen LogP contribution in [0.3, 0.4) is 0 Å². The van der Waals surface area contributed by atoms with Gasteiger partial charge in [-0.15, -0.1) is 0 Å². The van der Waals surface area contributed by atoms with Gasteiger partial charge in [-0.25, -0.2) is 4.98 Å². The molecule has 0 radical (unpaired) electrons. The Labute approximate surface area is 99.7 Å². The smallest absolute Gasteiger partial charge is 0.269 e. The predicted octanol–water partition coefficient (Wildman–Crippen LogP) is 1.89. The molecule has 0 aliphatic carbocycles. The fourth-order valence-electron chi connectivity index (χ4n) is 1.47. The summed E-state index contributed by atoms with van der Waals surface area (Å²) in [5, 5.41) is 2.72. The topological polar surface area (TPSA) is 54.9 Å². The van der Waals surface area contributed by atoms with Crippen LogP contribution in [-0.4, -0.2) is 22.4 Å². The van der Waals surface area contributed by atoms with Crippen LogP contribution in [0.5, 0.6) is 0 Å². The van der Waals surface area contributed by atoms with Gasteiger partial charge in [-0.2, -0.15) is 0 Å². The summed E-state index contributed by atoms with van der Waals surface area (Å²) >= 11 is 0. The largest absolute Gasteiger partial charge is 0.351 e. The van der Waals surface area contributed by atoms with Crippen molar-refractivity contribution in [3.8, 4) is 11.4 Å². The minimum absolute atomic E-state index is 0.162. The van der Waals surface area contributed by atoms with Crippen molar-refractivity contribution in [1.82, 2.24) is 15.3 Å². The van der Waals surface area contributed by atoms with Crippen LogP contribution in [0.25, 0.3) is 11.4 Å². The lowest BCUT2D eigenvalue weighted by Crippen LogP contribution is -2.23. The fourth-order valence-corrected chi connectivity index (χ4v) is 1.47. The molecule has 4 heteroatoms. The van der Waals surface area contributed by atoms with Crippen LogP contribution in [0, 0.1) is 0 Å². The van der Waals surface area contributed by atoms with E-state index in [-0.39, 0.29) is 5.91 Å². The first kappa shape index (κ1) is 11.3. The summed E-state index contributed by atoms with van der Waals surface area (Å²) in [5.74, 6) is -0.162. The van der Waals surface area contributed by atoms with Crippen LogP contribution in [0.15, 0.2) is 42.6 Å². The Morgan fingerprint density at radius 3 is 2.71 bits per heavy atom. The number of carbonyl (C=O) groups excluding carboxylic acids is 1. The van der Waals surface area contributed by atoms with E-state index in [1.807, 2.05) is 37.3 Å². The molecule has 2 rings (SSSR count). The summed E-state index contributed by atoms with van der Waals surface area (Å²) in [4.78, 5) is 20.1. The van der Waals surface area contributed by atoms with Gasteiger partial charge in [0.2, 0.25) is 0 Å². The van der Waals surface area contributed by atoms with Gasteiger partial charge in [-0.3, -0.25) is 9.78 Å². The van der Waals surface area contributed by atoms with E-state index >= 15 is 0 Å². The lowest BCUT2D eigenvalue weighted by Gasteiger charge is -2.03.